The lowest BCUT2D eigenvalue weighted by Gasteiger charge is -2.50. The van der Waals surface area contributed by atoms with Crippen molar-refractivity contribution in [3.63, 3.8) is 0 Å². The second kappa shape index (κ2) is 11.2. The highest BCUT2D eigenvalue weighted by atomic mass is 16.5. The van der Waals surface area contributed by atoms with Crippen molar-refractivity contribution in [1.29, 1.82) is 0 Å². The Morgan fingerprint density at radius 1 is 0.857 bits per heavy atom. The molecule has 0 radical (unpaired) electrons. The molecule has 2 aliphatic heterocycles. The fraction of sp³-hybridized carbons (Fsp3) is 0.256. The van der Waals surface area contributed by atoms with Gasteiger partial charge in [0.05, 0.1) is 36.0 Å². The van der Waals surface area contributed by atoms with E-state index in [1.54, 1.807) is 24.3 Å². The van der Waals surface area contributed by atoms with Crippen LogP contribution in [-0.2, 0) is 29.3 Å². The van der Waals surface area contributed by atoms with E-state index in [0.29, 0.717) is 32.7 Å². The topological polar surface area (TPSA) is 133 Å². The molecule has 3 fully saturated rings. The number of hydrazine groups is 1. The third kappa shape index (κ3) is 4.22. The molecule has 4 aliphatic rings. The molecular weight excluding hydrogens is 622 g/mol. The minimum absolute atomic E-state index is 0.0314. The number of methoxy groups -OCH3 is 1. The number of aryl methyl sites for hydroxylation is 1. The van der Waals surface area contributed by atoms with Crippen molar-refractivity contribution in [1.82, 2.24) is 9.91 Å². The first-order chi connectivity index (χ1) is 23.7. The number of carbonyl (C=O) groups excluding carboxylic acids is 5. The average molecular weight is 656 g/mol. The lowest BCUT2D eigenvalue weighted by molar-refractivity contribution is -0.140. The number of nitrogens with one attached hydrogen (secondary N) is 1. The van der Waals surface area contributed by atoms with Crippen LogP contribution >= 0.6 is 0 Å². The van der Waals surface area contributed by atoms with E-state index in [-0.39, 0.29) is 18.6 Å². The predicted molar refractivity (Wildman–Crippen MR) is 179 cm³/mol. The summed E-state index contributed by atoms with van der Waals surface area (Å²) < 4.78 is 4.80. The quantitative estimate of drug-likeness (QED) is 0.214. The first kappa shape index (κ1) is 30.6. The van der Waals surface area contributed by atoms with Crippen molar-refractivity contribution in [2.24, 2.45) is 23.7 Å². The highest BCUT2D eigenvalue weighted by Gasteiger charge is 2.71. The van der Waals surface area contributed by atoms with Crippen LogP contribution in [0.1, 0.15) is 35.4 Å². The molecule has 8 rings (SSSR count). The van der Waals surface area contributed by atoms with Crippen LogP contribution in [0.3, 0.4) is 0 Å². The number of fused-ring (bicyclic) bond motifs is 5. The number of ether oxygens (including phenoxy) is 1. The molecule has 0 aromatic heterocycles. The Balaban J connectivity index is 1.38. The van der Waals surface area contributed by atoms with Gasteiger partial charge in [-0.25, -0.2) is 4.79 Å². The molecule has 2 aliphatic carbocycles. The van der Waals surface area contributed by atoms with Crippen molar-refractivity contribution in [3.8, 4) is 5.75 Å². The number of benzene rings is 4. The molecule has 0 spiro atoms. The number of anilines is 1. The highest BCUT2D eigenvalue weighted by molar-refractivity contribution is 6.16. The van der Waals surface area contributed by atoms with E-state index >= 15 is 4.79 Å². The van der Waals surface area contributed by atoms with E-state index in [1.165, 1.54) is 0 Å². The molecule has 4 aromatic carbocycles. The molecular formula is C39H33N3O7. The van der Waals surface area contributed by atoms with Crippen LogP contribution in [0.25, 0.3) is 10.8 Å². The molecule has 0 bridgehead atoms. The van der Waals surface area contributed by atoms with Gasteiger partial charge >= 0.3 is 6.09 Å². The zero-order valence-electron chi connectivity index (χ0n) is 26.8. The standard InChI is InChI=1S/C39H33N3O7/c1-21-12-15-24(16-13-21)40-42-35(45)30-20-29-26(18-19-27-31(29)36(46)41(34(27)44)38(48)49-2)32(39(30,37(42)47)23-9-4-3-5-10-23)28-17-14-22-8-6-7-11-25(22)33(28)43/h3-18,27,29-32,40,43H,19-20H2,1-2H3/t27-,29+,30-,31-,32+,39+/m0/s1. The van der Waals surface area contributed by atoms with Gasteiger partial charge in [-0.2, -0.15) is 9.91 Å². The fourth-order valence-corrected chi connectivity index (χ4v) is 8.87. The number of phenolic OH excluding ortho intramolecular Hbond substituents is 1. The third-order valence-electron chi connectivity index (χ3n) is 11.0. The zero-order chi connectivity index (χ0) is 34.2. The minimum Gasteiger partial charge on any atom is -0.507 e. The maximum Gasteiger partial charge on any atom is 0.423 e. The minimum atomic E-state index is -1.53. The van der Waals surface area contributed by atoms with E-state index in [4.69, 9.17) is 4.74 Å². The number of hydrogen-bond acceptors (Lipinski definition) is 8. The first-order valence-electron chi connectivity index (χ1n) is 16.3. The third-order valence-corrected chi connectivity index (χ3v) is 11.0. The number of imide groups is 4. The Kier molecular flexibility index (Phi) is 6.95. The Bertz CT molecular complexity index is 2110. The van der Waals surface area contributed by atoms with Crippen molar-refractivity contribution in [2.75, 3.05) is 12.5 Å². The van der Waals surface area contributed by atoms with Gasteiger partial charge < -0.3 is 9.84 Å². The summed E-state index contributed by atoms with van der Waals surface area (Å²) in [5, 5.41) is 14.5. The second-order valence-corrected chi connectivity index (χ2v) is 13.3. The summed E-state index contributed by atoms with van der Waals surface area (Å²) in [6.07, 6.45) is 1.04. The summed E-state index contributed by atoms with van der Waals surface area (Å²) >= 11 is 0. The summed E-state index contributed by atoms with van der Waals surface area (Å²) in [6, 6.07) is 27.5. The normalized spacial score (nSPS) is 27.5. The van der Waals surface area contributed by atoms with Gasteiger partial charge in [-0.15, -0.1) is 0 Å². The monoisotopic (exact) mass is 655 g/mol. The van der Waals surface area contributed by atoms with Crippen LogP contribution in [0.15, 0.2) is 103 Å². The Labute approximate surface area is 281 Å². The number of aromatic hydroxyl groups is 1. The Hall–Kier alpha value is -5.77. The number of phenols is 1. The molecule has 246 valence electrons. The van der Waals surface area contributed by atoms with Gasteiger partial charge in [0.15, 0.2) is 0 Å². The number of rotatable bonds is 4. The Morgan fingerprint density at radius 2 is 1.57 bits per heavy atom. The Morgan fingerprint density at radius 3 is 2.31 bits per heavy atom. The van der Waals surface area contributed by atoms with Gasteiger partial charge in [-0.3, -0.25) is 24.6 Å². The van der Waals surface area contributed by atoms with E-state index < -0.39 is 64.7 Å². The number of nitrogens with zero attached hydrogens (tertiary/aromatic N) is 2. The van der Waals surface area contributed by atoms with E-state index in [2.05, 4.69) is 5.43 Å². The zero-order valence-corrected chi connectivity index (χ0v) is 26.8. The van der Waals surface area contributed by atoms with Crippen molar-refractivity contribution >= 4 is 46.2 Å². The van der Waals surface area contributed by atoms with E-state index in [1.807, 2.05) is 79.7 Å². The molecule has 4 aromatic rings. The average Bonchev–Trinajstić information content (AvgIpc) is 3.50. The van der Waals surface area contributed by atoms with Gasteiger partial charge in [0.25, 0.3) is 11.8 Å². The first-order valence-corrected chi connectivity index (χ1v) is 16.3. The molecule has 2 heterocycles. The smallest absolute Gasteiger partial charge is 0.423 e. The van der Waals surface area contributed by atoms with Gasteiger partial charge in [0.1, 0.15) is 5.75 Å². The number of carbonyl (C=O) groups is 5. The molecule has 5 amide bonds. The summed E-state index contributed by atoms with van der Waals surface area (Å²) in [4.78, 5) is 70.6. The molecule has 6 atom stereocenters. The van der Waals surface area contributed by atoms with Crippen LogP contribution < -0.4 is 5.43 Å². The largest absolute Gasteiger partial charge is 0.507 e. The van der Waals surface area contributed by atoms with Gasteiger partial charge in [0, 0.05) is 16.9 Å². The van der Waals surface area contributed by atoms with Gasteiger partial charge in [-0.1, -0.05) is 96.1 Å². The molecule has 49 heavy (non-hydrogen) atoms. The highest BCUT2D eigenvalue weighted by Crippen LogP contribution is 2.65. The van der Waals surface area contributed by atoms with E-state index in [0.717, 1.165) is 23.1 Å². The van der Waals surface area contributed by atoms with Crippen LogP contribution in [0.2, 0.25) is 0 Å². The summed E-state index contributed by atoms with van der Waals surface area (Å²) in [7, 11) is 1.11. The summed E-state index contributed by atoms with van der Waals surface area (Å²) in [5.41, 5.74) is 4.80. The molecule has 10 heteroatoms. The van der Waals surface area contributed by atoms with Crippen LogP contribution in [0.5, 0.6) is 5.75 Å². The molecule has 10 nitrogen and oxygen atoms in total. The lowest BCUT2D eigenvalue weighted by Crippen LogP contribution is -2.53. The SMILES string of the molecule is COC(=O)N1C(=O)[C@H]2[C@H](CC=C3[C@H]2C[C@H]2C(=O)N(Nc4ccc(C)cc4)C(=O)[C@@]2(c2ccccc2)[C@H]3c2ccc3ccccc3c2O)C1=O. The fourth-order valence-electron chi connectivity index (χ4n) is 8.87. The summed E-state index contributed by atoms with van der Waals surface area (Å²) in [6.45, 7) is 1.94. The number of likely N-dealkylation sites (tertiary alicyclic amines) is 1. The molecule has 0 unspecified atom stereocenters. The lowest BCUT2D eigenvalue weighted by atomic mass is 9.49. The summed E-state index contributed by atoms with van der Waals surface area (Å²) in [5.74, 6) is -6.68. The van der Waals surface area contributed by atoms with E-state index in [9.17, 15) is 24.3 Å². The van der Waals surface area contributed by atoms with Crippen LogP contribution in [0, 0.1) is 30.6 Å². The number of hydrogen-bond donors (Lipinski definition) is 2. The number of amides is 5. The maximum absolute atomic E-state index is 15.2. The van der Waals surface area contributed by atoms with Crippen LogP contribution in [0.4, 0.5) is 10.5 Å². The molecule has 2 saturated heterocycles. The molecule has 1 saturated carbocycles. The van der Waals surface area contributed by atoms with Gasteiger partial charge in [-0.05, 0) is 48.8 Å². The van der Waals surface area contributed by atoms with Crippen molar-refractivity contribution in [2.45, 2.75) is 31.1 Å². The second-order valence-electron chi connectivity index (χ2n) is 13.3. The predicted octanol–water partition coefficient (Wildman–Crippen LogP) is 5.61. The van der Waals surface area contributed by atoms with Crippen LogP contribution in [-0.4, -0.2) is 51.8 Å². The number of allylic oxidation sites excluding steroid dienone is 2. The van der Waals surface area contributed by atoms with Gasteiger partial charge in [0.2, 0.25) is 11.8 Å². The maximum atomic E-state index is 15.2. The molecule has 2 N–H and O–H groups in total. The van der Waals surface area contributed by atoms with Crippen molar-refractivity contribution < 1.29 is 33.8 Å². The van der Waals surface area contributed by atoms with Crippen molar-refractivity contribution in [3.05, 3.63) is 119 Å².